The number of rotatable bonds is 4. The highest BCUT2D eigenvalue weighted by atomic mass is 16.4. The molecule has 0 fully saturated rings. The Balaban J connectivity index is 2.64. The quantitative estimate of drug-likeness (QED) is 0.682. The van der Waals surface area contributed by atoms with Gasteiger partial charge in [0.2, 0.25) is 0 Å². The van der Waals surface area contributed by atoms with Crippen molar-refractivity contribution in [3.05, 3.63) is 23.0 Å². The van der Waals surface area contributed by atoms with Crippen molar-refractivity contribution in [2.75, 3.05) is 0 Å². The predicted octanol–water partition coefficient (Wildman–Crippen LogP) is 1.50. The van der Waals surface area contributed by atoms with Crippen molar-refractivity contribution in [1.82, 2.24) is 4.98 Å². The first-order chi connectivity index (χ1) is 6.50. The Labute approximate surface area is 83.1 Å². The first-order valence-electron chi connectivity index (χ1n) is 4.64. The number of aryl methyl sites for hydroxylation is 2. The maximum absolute atomic E-state index is 10.4. The summed E-state index contributed by atoms with van der Waals surface area (Å²) < 4.78 is 0. The van der Waals surface area contributed by atoms with E-state index < -0.39 is 5.97 Å². The minimum absolute atomic E-state index is 0.110. The Morgan fingerprint density at radius 2 is 2.29 bits per heavy atom. The summed E-state index contributed by atoms with van der Waals surface area (Å²) in [5.74, 6) is -0.804. The van der Waals surface area contributed by atoms with Crippen LogP contribution < -0.4 is 5.73 Å². The number of nitrogens with two attached hydrogens (primary N) is 1. The lowest BCUT2D eigenvalue weighted by Crippen LogP contribution is -2.13. The summed E-state index contributed by atoms with van der Waals surface area (Å²) >= 11 is 0. The van der Waals surface area contributed by atoms with Crippen molar-refractivity contribution < 1.29 is 9.90 Å². The summed E-state index contributed by atoms with van der Waals surface area (Å²) in [4.78, 5) is 13.5. The van der Waals surface area contributed by atoms with Gasteiger partial charge in [-0.1, -0.05) is 0 Å². The Morgan fingerprint density at radius 1 is 1.64 bits per heavy atom. The van der Waals surface area contributed by atoms with Crippen LogP contribution in [0.1, 0.15) is 35.8 Å². The molecular formula is C10H16N2O2. The van der Waals surface area contributed by atoms with Crippen molar-refractivity contribution >= 4 is 5.97 Å². The van der Waals surface area contributed by atoms with E-state index in [0.717, 1.165) is 17.0 Å². The summed E-state index contributed by atoms with van der Waals surface area (Å²) in [5.41, 5.74) is 8.97. The molecule has 0 amide bonds. The van der Waals surface area contributed by atoms with Gasteiger partial charge in [-0.3, -0.25) is 4.79 Å². The molecule has 0 radical (unpaired) electrons. The van der Waals surface area contributed by atoms with Gasteiger partial charge in [0, 0.05) is 23.9 Å². The van der Waals surface area contributed by atoms with Crippen LogP contribution in [-0.4, -0.2) is 16.1 Å². The highest BCUT2D eigenvalue weighted by Crippen LogP contribution is 2.19. The Morgan fingerprint density at radius 3 is 2.71 bits per heavy atom. The molecule has 0 spiro atoms. The van der Waals surface area contributed by atoms with E-state index in [0.29, 0.717) is 6.42 Å². The molecule has 0 aliphatic carbocycles. The Kier molecular flexibility index (Phi) is 3.30. The first kappa shape index (κ1) is 10.8. The smallest absolute Gasteiger partial charge is 0.303 e. The lowest BCUT2D eigenvalue weighted by atomic mass is 10.1. The van der Waals surface area contributed by atoms with E-state index in [1.54, 1.807) is 0 Å². The van der Waals surface area contributed by atoms with Crippen LogP contribution in [0.2, 0.25) is 0 Å². The number of aliphatic carboxylic acids is 1. The van der Waals surface area contributed by atoms with Gasteiger partial charge in [0.05, 0.1) is 0 Å². The standard InChI is InChI=1S/C10H16N2O2/c1-6-5-7(2)12-10(6)8(11)3-4-9(13)14/h5,8,12H,3-4,11H2,1-2H3,(H,13,14). The second-order valence-electron chi connectivity index (χ2n) is 3.59. The van der Waals surface area contributed by atoms with Crippen LogP contribution in [0, 0.1) is 13.8 Å². The normalized spacial score (nSPS) is 12.8. The Hall–Kier alpha value is -1.29. The molecule has 1 aromatic heterocycles. The molecule has 0 saturated carbocycles. The molecule has 1 atom stereocenters. The molecule has 0 aromatic carbocycles. The molecule has 1 rings (SSSR count). The van der Waals surface area contributed by atoms with E-state index in [1.165, 1.54) is 0 Å². The monoisotopic (exact) mass is 196 g/mol. The minimum Gasteiger partial charge on any atom is -0.481 e. The van der Waals surface area contributed by atoms with Gasteiger partial charge in [0.15, 0.2) is 0 Å². The maximum atomic E-state index is 10.4. The van der Waals surface area contributed by atoms with Gasteiger partial charge in [0.25, 0.3) is 0 Å². The number of carbonyl (C=O) groups is 1. The van der Waals surface area contributed by atoms with Crippen LogP contribution >= 0.6 is 0 Å². The van der Waals surface area contributed by atoms with Crippen molar-refractivity contribution in [1.29, 1.82) is 0 Å². The lowest BCUT2D eigenvalue weighted by Gasteiger charge is -2.09. The fourth-order valence-corrected chi connectivity index (χ4v) is 1.56. The number of hydrogen-bond donors (Lipinski definition) is 3. The van der Waals surface area contributed by atoms with Crippen molar-refractivity contribution in [3.8, 4) is 0 Å². The van der Waals surface area contributed by atoms with Crippen LogP contribution in [0.15, 0.2) is 6.07 Å². The van der Waals surface area contributed by atoms with Gasteiger partial charge in [-0.15, -0.1) is 0 Å². The fraction of sp³-hybridized carbons (Fsp3) is 0.500. The van der Waals surface area contributed by atoms with Crippen LogP contribution in [-0.2, 0) is 4.79 Å². The summed E-state index contributed by atoms with van der Waals surface area (Å²) in [6, 6.07) is 1.80. The summed E-state index contributed by atoms with van der Waals surface area (Å²) in [7, 11) is 0. The highest BCUT2D eigenvalue weighted by molar-refractivity contribution is 5.66. The van der Waals surface area contributed by atoms with Gasteiger partial charge in [0.1, 0.15) is 0 Å². The van der Waals surface area contributed by atoms with Crippen molar-refractivity contribution in [2.45, 2.75) is 32.7 Å². The lowest BCUT2D eigenvalue weighted by molar-refractivity contribution is -0.137. The van der Waals surface area contributed by atoms with E-state index in [9.17, 15) is 4.79 Å². The van der Waals surface area contributed by atoms with Crippen LogP contribution in [0.25, 0.3) is 0 Å². The number of nitrogens with one attached hydrogen (secondary N) is 1. The molecule has 14 heavy (non-hydrogen) atoms. The van der Waals surface area contributed by atoms with Crippen LogP contribution in [0.5, 0.6) is 0 Å². The number of hydrogen-bond acceptors (Lipinski definition) is 2. The van der Waals surface area contributed by atoms with Gasteiger partial charge < -0.3 is 15.8 Å². The van der Waals surface area contributed by atoms with Gasteiger partial charge in [-0.2, -0.15) is 0 Å². The SMILES string of the molecule is Cc1cc(C)c(C(N)CCC(=O)O)[nH]1. The van der Waals surface area contributed by atoms with Gasteiger partial charge in [-0.25, -0.2) is 0 Å². The van der Waals surface area contributed by atoms with Crippen molar-refractivity contribution in [3.63, 3.8) is 0 Å². The molecule has 0 bridgehead atoms. The average molecular weight is 196 g/mol. The number of H-pyrrole nitrogens is 1. The van der Waals surface area contributed by atoms with E-state index in [-0.39, 0.29) is 12.5 Å². The highest BCUT2D eigenvalue weighted by Gasteiger charge is 2.12. The van der Waals surface area contributed by atoms with E-state index in [4.69, 9.17) is 10.8 Å². The zero-order valence-electron chi connectivity index (χ0n) is 8.50. The third kappa shape index (κ3) is 2.60. The number of carboxylic acids is 1. The zero-order valence-corrected chi connectivity index (χ0v) is 8.50. The topological polar surface area (TPSA) is 79.1 Å². The summed E-state index contributed by atoms with van der Waals surface area (Å²) in [5, 5.41) is 8.52. The number of aromatic amines is 1. The van der Waals surface area contributed by atoms with E-state index >= 15 is 0 Å². The Bertz CT molecular complexity index is 331. The molecule has 4 nitrogen and oxygen atoms in total. The number of carboxylic acid groups (broad SMARTS) is 1. The second kappa shape index (κ2) is 4.28. The van der Waals surface area contributed by atoms with E-state index in [1.807, 2.05) is 19.9 Å². The molecule has 1 heterocycles. The zero-order chi connectivity index (χ0) is 10.7. The van der Waals surface area contributed by atoms with Crippen LogP contribution in [0.3, 0.4) is 0 Å². The van der Waals surface area contributed by atoms with Gasteiger partial charge >= 0.3 is 5.97 Å². The molecule has 4 N–H and O–H groups in total. The average Bonchev–Trinajstić information content (AvgIpc) is 2.41. The molecule has 0 aliphatic heterocycles. The predicted molar refractivity (Wildman–Crippen MR) is 54.1 cm³/mol. The summed E-state index contributed by atoms with van der Waals surface area (Å²) in [6.07, 6.45) is 0.578. The van der Waals surface area contributed by atoms with E-state index in [2.05, 4.69) is 4.98 Å². The maximum Gasteiger partial charge on any atom is 0.303 e. The molecule has 0 saturated heterocycles. The third-order valence-electron chi connectivity index (χ3n) is 2.23. The molecule has 1 unspecified atom stereocenters. The van der Waals surface area contributed by atoms with Gasteiger partial charge in [-0.05, 0) is 31.9 Å². The van der Waals surface area contributed by atoms with Crippen molar-refractivity contribution in [2.24, 2.45) is 5.73 Å². The molecule has 78 valence electrons. The number of aromatic nitrogens is 1. The molecule has 1 aromatic rings. The minimum atomic E-state index is -0.804. The first-order valence-corrected chi connectivity index (χ1v) is 4.64. The molecule has 4 heteroatoms. The fourth-order valence-electron chi connectivity index (χ4n) is 1.56. The summed E-state index contributed by atoms with van der Waals surface area (Å²) in [6.45, 7) is 3.93. The molecule has 0 aliphatic rings. The second-order valence-corrected chi connectivity index (χ2v) is 3.59. The third-order valence-corrected chi connectivity index (χ3v) is 2.23. The van der Waals surface area contributed by atoms with Crippen LogP contribution in [0.4, 0.5) is 0 Å². The largest absolute Gasteiger partial charge is 0.481 e. The molecular weight excluding hydrogens is 180 g/mol.